The molecule has 0 saturated heterocycles. The van der Waals surface area contributed by atoms with Crippen molar-refractivity contribution < 1.29 is 19.2 Å². The third-order valence-corrected chi connectivity index (χ3v) is 5.47. The quantitative estimate of drug-likeness (QED) is 0.246. The van der Waals surface area contributed by atoms with Crippen LogP contribution in [0.15, 0.2) is 97.1 Å². The smallest absolute Gasteiger partial charge is 0.235 e. The minimum Gasteiger partial charge on any atom is -0.398 e. The Bertz CT molecular complexity index is 1320. The highest BCUT2D eigenvalue weighted by atomic mass is 16.2. The standard InChI is InChI=1S/C28H20N2O4/c29-23-19(25(31)17-9-3-1-4-10-17)13-7-15-21(23)27(33)28(34)22-16-8-14-20(24(22)30)26(32)18-11-5-2-6-12-18/h1-16H,29-30H2. The first-order valence-electron chi connectivity index (χ1n) is 10.5. The van der Waals surface area contributed by atoms with Gasteiger partial charge in [0.25, 0.3) is 0 Å². The van der Waals surface area contributed by atoms with Crippen molar-refractivity contribution in [1.82, 2.24) is 0 Å². The summed E-state index contributed by atoms with van der Waals surface area (Å²) in [5.41, 5.74) is 12.9. The fourth-order valence-corrected chi connectivity index (χ4v) is 3.66. The summed E-state index contributed by atoms with van der Waals surface area (Å²) in [6.07, 6.45) is 0. The van der Waals surface area contributed by atoms with E-state index >= 15 is 0 Å². The zero-order valence-electron chi connectivity index (χ0n) is 18.0. The van der Waals surface area contributed by atoms with Gasteiger partial charge in [-0.25, -0.2) is 0 Å². The molecule has 0 bridgehead atoms. The van der Waals surface area contributed by atoms with Crippen LogP contribution >= 0.6 is 0 Å². The third-order valence-electron chi connectivity index (χ3n) is 5.47. The van der Waals surface area contributed by atoms with Gasteiger partial charge in [-0.1, -0.05) is 72.8 Å². The highest BCUT2D eigenvalue weighted by Crippen LogP contribution is 2.26. The molecule has 0 fully saturated rings. The number of hydrogen-bond acceptors (Lipinski definition) is 6. The Balaban J connectivity index is 1.68. The summed E-state index contributed by atoms with van der Waals surface area (Å²) in [6, 6.07) is 25.7. The van der Waals surface area contributed by atoms with Crippen LogP contribution in [0.1, 0.15) is 52.6 Å². The van der Waals surface area contributed by atoms with Crippen LogP contribution in [0.25, 0.3) is 0 Å². The van der Waals surface area contributed by atoms with E-state index in [1.54, 1.807) is 60.7 Å². The number of nitrogen functional groups attached to an aromatic ring is 2. The summed E-state index contributed by atoms with van der Waals surface area (Å²) in [4.78, 5) is 51.9. The number of benzene rings is 4. The molecule has 0 aliphatic heterocycles. The molecule has 0 aliphatic rings. The molecule has 166 valence electrons. The van der Waals surface area contributed by atoms with E-state index in [-0.39, 0.29) is 45.2 Å². The summed E-state index contributed by atoms with van der Waals surface area (Å²) < 4.78 is 0. The molecule has 4 rings (SSSR count). The van der Waals surface area contributed by atoms with Crippen molar-refractivity contribution in [2.24, 2.45) is 0 Å². The summed E-state index contributed by atoms with van der Waals surface area (Å²) in [6.45, 7) is 0. The number of carbonyl (C=O) groups is 4. The minimum absolute atomic E-state index is 0.0928. The number of Topliss-reactive ketones (excluding diaryl/α,β-unsaturated/α-hetero) is 2. The van der Waals surface area contributed by atoms with E-state index in [1.165, 1.54) is 36.4 Å². The summed E-state index contributed by atoms with van der Waals surface area (Å²) >= 11 is 0. The molecule has 4 aromatic rings. The summed E-state index contributed by atoms with van der Waals surface area (Å²) in [5.74, 6) is -2.57. The van der Waals surface area contributed by atoms with Gasteiger partial charge in [-0.05, 0) is 24.3 Å². The monoisotopic (exact) mass is 448 g/mol. The van der Waals surface area contributed by atoms with E-state index in [2.05, 4.69) is 0 Å². The van der Waals surface area contributed by atoms with Crippen LogP contribution < -0.4 is 11.5 Å². The van der Waals surface area contributed by atoms with E-state index in [4.69, 9.17) is 11.5 Å². The van der Waals surface area contributed by atoms with Gasteiger partial charge in [-0.15, -0.1) is 0 Å². The molecule has 4 aromatic carbocycles. The van der Waals surface area contributed by atoms with Crippen LogP contribution in [-0.4, -0.2) is 23.1 Å². The number of para-hydroxylation sites is 2. The molecule has 0 heterocycles. The maximum absolute atomic E-state index is 13.1. The fraction of sp³-hybridized carbons (Fsp3) is 0. The Morgan fingerprint density at radius 2 is 0.735 bits per heavy atom. The number of hydrogen-bond donors (Lipinski definition) is 2. The number of rotatable bonds is 7. The number of nitrogens with two attached hydrogens (primary N) is 2. The molecule has 34 heavy (non-hydrogen) atoms. The normalized spacial score (nSPS) is 10.5. The Hall–Kier alpha value is -4.84. The third kappa shape index (κ3) is 4.12. The molecule has 0 aromatic heterocycles. The molecule has 6 heteroatoms. The maximum Gasteiger partial charge on any atom is 0.235 e. The minimum atomic E-state index is -0.920. The lowest BCUT2D eigenvalue weighted by Gasteiger charge is -2.12. The Morgan fingerprint density at radius 3 is 1.09 bits per heavy atom. The van der Waals surface area contributed by atoms with Crippen LogP contribution in [0.3, 0.4) is 0 Å². The molecule has 0 radical (unpaired) electrons. The van der Waals surface area contributed by atoms with Crippen LogP contribution in [0.4, 0.5) is 11.4 Å². The van der Waals surface area contributed by atoms with Crippen LogP contribution in [-0.2, 0) is 0 Å². The van der Waals surface area contributed by atoms with Gasteiger partial charge in [0.05, 0.1) is 11.4 Å². The van der Waals surface area contributed by atoms with Gasteiger partial charge in [0.15, 0.2) is 11.6 Å². The van der Waals surface area contributed by atoms with E-state index < -0.39 is 11.6 Å². The molecule has 0 saturated carbocycles. The Morgan fingerprint density at radius 1 is 0.412 bits per heavy atom. The zero-order valence-corrected chi connectivity index (χ0v) is 18.0. The first-order chi connectivity index (χ1) is 16.4. The molecule has 0 spiro atoms. The predicted molar refractivity (Wildman–Crippen MR) is 130 cm³/mol. The lowest BCUT2D eigenvalue weighted by Crippen LogP contribution is -2.20. The van der Waals surface area contributed by atoms with Crippen molar-refractivity contribution in [3.63, 3.8) is 0 Å². The van der Waals surface area contributed by atoms with Gasteiger partial charge in [-0.3, -0.25) is 19.2 Å². The van der Waals surface area contributed by atoms with Gasteiger partial charge in [-0.2, -0.15) is 0 Å². The van der Waals surface area contributed by atoms with Crippen molar-refractivity contribution in [3.05, 3.63) is 130 Å². The fourth-order valence-electron chi connectivity index (χ4n) is 3.66. The summed E-state index contributed by atoms with van der Waals surface area (Å²) in [5, 5.41) is 0. The predicted octanol–water partition coefficient (Wildman–Crippen LogP) is 4.38. The SMILES string of the molecule is Nc1c(C(=O)C(=O)c2cccc(C(=O)c3ccccc3)c2N)cccc1C(=O)c1ccccc1. The topological polar surface area (TPSA) is 120 Å². The second-order valence-corrected chi connectivity index (χ2v) is 7.58. The van der Waals surface area contributed by atoms with Gasteiger partial charge < -0.3 is 11.5 Å². The first-order valence-corrected chi connectivity index (χ1v) is 10.5. The van der Waals surface area contributed by atoms with Crippen molar-refractivity contribution in [2.75, 3.05) is 11.5 Å². The Labute approximate surface area is 195 Å². The van der Waals surface area contributed by atoms with Crippen molar-refractivity contribution in [3.8, 4) is 0 Å². The Kier molecular flexibility index (Phi) is 6.14. The molecule has 0 aliphatic carbocycles. The van der Waals surface area contributed by atoms with Gasteiger partial charge >= 0.3 is 0 Å². The highest BCUT2D eigenvalue weighted by Gasteiger charge is 2.26. The van der Waals surface area contributed by atoms with E-state index in [0.717, 1.165) is 0 Å². The van der Waals surface area contributed by atoms with E-state index in [0.29, 0.717) is 11.1 Å². The average Bonchev–Trinajstić information content (AvgIpc) is 2.88. The molecule has 4 N–H and O–H groups in total. The van der Waals surface area contributed by atoms with Crippen molar-refractivity contribution >= 4 is 34.5 Å². The maximum atomic E-state index is 13.1. The van der Waals surface area contributed by atoms with Gasteiger partial charge in [0, 0.05) is 33.4 Å². The molecular weight excluding hydrogens is 428 g/mol. The summed E-state index contributed by atoms with van der Waals surface area (Å²) in [7, 11) is 0. The van der Waals surface area contributed by atoms with Gasteiger partial charge in [0.2, 0.25) is 11.6 Å². The molecule has 0 atom stereocenters. The second kappa shape index (κ2) is 9.34. The molecule has 6 nitrogen and oxygen atoms in total. The van der Waals surface area contributed by atoms with Crippen molar-refractivity contribution in [2.45, 2.75) is 0 Å². The van der Waals surface area contributed by atoms with E-state index in [9.17, 15) is 19.2 Å². The largest absolute Gasteiger partial charge is 0.398 e. The average molecular weight is 448 g/mol. The number of carbonyl (C=O) groups excluding carboxylic acids is 4. The highest BCUT2D eigenvalue weighted by molar-refractivity contribution is 6.51. The lowest BCUT2D eigenvalue weighted by molar-refractivity contribution is 0.0817. The zero-order chi connectivity index (χ0) is 24.2. The number of ketones is 4. The second-order valence-electron chi connectivity index (χ2n) is 7.58. The van der Waals surface area contributed by atoms with Crippen molar-refractivity contribution in [1.29, 1.82) is 0 Å². The van der Waals surface area contributed by atoms with Crippen LogP contribution in [0, 0.1) is 0 Å². The van der Waals surface area contributed by atoms with Crippen LogP contribution in [0.2, 0.25) is 0 Å². The van der Waals surface area contributed by atoms with Gasteiger partial charge in [0.1, 0.15) is 0 Å². The van der Waals surface area contributed by atoms with E-state index in [1.807, 2.05) is 0 Å². The number of anilines is 2. The molecule has 0 unspecified atom stereocenters. The molecule has 0 amide bonds. The first kappa shape index (κ1) is 22.4. The van der Waals surface area contributed by atoms with Crippen LogP contribution in [0.5, 0.6) is 0 Å². The molecular formula is C28H20N2O4. The lowest BCUT2D eigenvalue weighted by atomic mass is 9.92.